The standard InChI is InChI=1S/C10H16O3S/c1-5-6-9(2)7-10(3)8-14(11,12)13-4/h5-8H,1-4H3/b6-5+,9-7-,10-8+. The van der Waals surface area contributed by atoms with Crippen molar-refractivity contribution in [1.29, 1.82) is 0 Å². The van der Waals surface area contributed by atoms with Gasteiger partial charge in [0, 0.05) is 0 Å². The second kappa shape index (κ2) is 5.78. The van der Waals surface area contributed by atoms with Crippen molar-refractivity contribution < 1.29 is 12.6 Å². The van der Waals surface area contributed by atoms with Gasteiger partial charge in [-0.05, 0) is 26.3 Å². The first kappa shape index (κ1) is 13.1. The van der Waals surface area contributed by atoms with Crippen molar-refractivity contribution in [3.05, 3.63) is 34.8 Å². The van der Waals surface area contributed by atoms with Crippen LogP contribution in [0.15, 0.2) is 34.8 Å². The smallest absolute Gasteiger partial charge is 0.270 e. The van der Waals surface area contributed by atoms with Crippen LogP contribution in [0.5, 0.6) is 0 Å². The predicted molar refractivity (Wildman–Crippen MR) is 58.3 cm³/mol. The quantitative estimate of drug-likeness (QED) is 0.535. The third kappa shape index (κ3) is 5.72. The summed E-state index contributed by atoms with van der Waals surface area (Å²) in [5, 5.41) is 1.10. The zero-order chi connectivity index (χ0) is 11.2. The summed E-state index contributed by atoms with van der Waals surface area (Å²) >= 11 is 0. The molecule has 0 aromatic heterocycles. The maximum Gasteiger partial charge on any atom is 0.290 e. The zero-order valence-corrected chi connectivity index (χ0v) is 9.76. The van der Waals surface area contributed by atoms with E-state index in [0.717, 1.165) is 18.1 Å². The van der Waals surface area contributed by atoms with E-state index < -0.39 is 10.1 Å². The highest BCUT2D eigenvalue weighted by atomic mass is 32.2. The van der Waals surface area contributed by atoms with Crippen LogP contribution in [-0.2, 0) is 14.3 Å². The van der Waals surface area contributed by atoms with E-state index in [4.69, 9.17) is 0 Å². The Morgan fingerprint density at radius 3 is 2.21 bits per heavy atom. The van der Waals surface area contributed by atoms with E-state index in [0.29, 0.717) is 5.57 Å². The van der Waals surface area contributed by atoms with E-state index in [2.05, 4.69) is 4.18 Å². The number of rotatable bonds is 4. The van der Waals surface area contributed by atoms with Gasteiger partial charge >= 0.3 is 0 Å². The van der Waals surface area contributed by atoms with Crippen molar-refractivity contribution in [2.24, 2.45) is 0 Å². The Labute approximate surface area is 85.9 Å². The molecule has 14 heavy (non-hydrogen) atoms. The van der Waals surface area contributed by atoms with Gasteiger partial charge in [-0.25, -0.2) is 0 Å². The van der Waals surface area contributed by atoms with Gasteiger partial charge in [0.1, 0.15) is 0 Å². The molecule has 0 atom stereocenters. The summed E-state index contributed by atoms with van der Waals surface area (Å²) < 4.78 is 26.3. The minimum atomic E-state index is -3.51. The highest BCUT2D eigenvalue weighted by Crippen LogP contribution is 2.06. The molecule has 80 valence electrons. The molecule has 0 heterocycles. The highest BCUT2D eigenvalue weighted by Gasteiger charge is 2.02. The van der Waals surface area contributed by atoms with Gasteiger partial charge in [0.15, 0.2) is 0 Å². The molecule has 0 spiro atoms. The first-order valence-electron chi connectivity index (χ1n) is 4.21. The van der Waals surface area contributed by atoms with E-state index in [1.807, 2.05) is 26.0 Å². The van der Waals surface area contributed by atoms with E-state index in [1.165, 1.54) is 0 Å². The Bertz CT molecular complexity index is 359. The van der Waals surface area contributed by atoms with Crippen LogP contribution in [0, 0.1) is 0 Å². The fourth-order valence-electron chi connectivity index (χ4n) is 0.980. The van der Waals surface area contributed by atoms with Crippen LogP contribution in [0.4, 0.5) is 0 Å². The maximum atomic E-state index is 11.0. The maximum absolute atomic E-state index is 11.0. The molecule has 0 saturated heterocycles. The minimum absolute atomic E-state index is 0.641. The van der Waals surface area contributed by atoms with Crippen molar-refractivity contribution in [3.63, 3.8) is 0 Å². The summed E-state index contributed by atoms with van der Waals surface area (Å²) in [5.41, 5.74) is 1.63. The average molecular weight is 216 g/mol. The summed E-state index contributed by atoms with van der Waals surface area (Å²) in [4.78, 5) is 0. The topological polar surface area (TPSA) is 43.4 Å². The van der Waals surface area contributed by atoms with Gasteiger partial charge in [-0.2, -0.15) is 8.42 Å². The molecule has 0 unspecified atom stereocenters. The van der Waals surface area contributed by atoms with Gasteiger partial charge in [0.05, 0.1) is 12.5 Å². The van der Waals surface area contributed by atoms with Crippen LogP contribution < -0.4 is 0 Å². The van der Waals surface area contributed by atoms with E-state index in [9.17, 15) is 8.42 Å². The van der Waals surface area contributed by atoms with E-state index in [1.54, 1.807) is 13.0 Å². The number of hydrogen-bond donors (Lipinski definition) is 0. The monoisotopic (exact) mass is 216 g/mol. The van der Waals surface area contributed by atoms with Gasteiger partial charge < -0.3 is 0 Å². The van der Waals surface area contributed by atoms with Gasteiger partial charge in [-0.1, -0.05) is 23.8 Å². The van der Waals surface area contributed by atoms with Crippen molar-refractivity contribution in [2.45, 2.75) is 20.8 Å². The lowest BCUT2D eigenvalue weighted by Gasteiger charge is -1.96. The molecule has 0 radical (unpaired) electrons. The lowest BCUT2D eigenvalue weighted by molar-refractivity contribution is 0.406. The normalized spacial score (nSPS) is 15.1. The van der Waals surface area contributed by atoms with Gasteiger partial charge in [-0.15, -0.1) is 0 Å². The van der Waals surface area contributed by atoms with Crippen molar-refractivity contribution in [1.82, 2.24) is 0 Å². The summed E-state index contributed by atoms with van der Waals surface area (Å²) in [6.07, 6.45) is 5.57. The number of allylic oxidation sites excluding steroid dienone is 5. The molecule has 0 aliphatic carbocycles. The van der Waals surface area contributed by atoms with Crippen LogP contribution in [0.2, 0.25) is 0 Å². The molecule has 0 aromatic rings. The van der Waals surface area contributed by atoms with Crippen molar-refractivity contribution in [3.8, 4) is 0 Å². The largest absolute Gasteiger partial charge is 0.290 e. The van der Waals surface area contributed by atoms with Crippen LogP contribution in [0.3, 0.4) is 0 Å². The van der Waals surface area contributed by atoms with Gasteiger partial charge in [0.2, 0.25) is 0 Å². The molecular weight excluding hydrogens is 200 g/mol. The molecule has 3 nitrogen and oxygen atoms in total. The summed E-state index contributed by atoms with van der Waals surface area (Å²) in [6.45, 7) is 5.52. The number of hydrogen-bond acceptors (Lipinski definition) is 3. The summed E-state index contributed by atoms with van der Waals surface area (Å²) in [7, 11) is -2.37. The molecule has 0 N–H and O–H groups in total. The Morgan fingerprint density at radius 2 is 1.79 bits per heavy atom. The zero-order valence-electron chi connectivity index (χ0n) is 8.94. The average Bonchev–Trinajstić information content (AvgIpc) is 2.03. The Hall–Kier alpha value is -0.870. The Balaban J connectivity index is 4.81. The molecule has 0 rings (SSSR count). The summed E-state index contributed by atoms with van der Waals surface area (Å²) in [6, 6.07) is 0. The first-order chi connectivity index (χ1) is 6.41. The molecule has 0 fully saturated rings. The van der Waals surface area contributed by atoms with Crippen LogP contribution in [0.1, 0.15) is 20.8 Å². The van der Waals surface area contributed by atoms with Crippen LogP contribution >= 0.6 is 0 Å². The van der Waals surface area contributed by atoms with Gasteiger partial charge in [-0.3, -0.25) is 4.18 Å². The summed E-state index contributed by atoms with van der Waals surface area (Å²) in [5.74, 6) is 0. The van der Waals surface area contributed by atoms with E-state index >= 15 is 0 Å². The second-order valence-electron chi connectivity index (χ2n) is 2.91. The molecule has 0 amide bonds. The van der Waals surface area contributed by atoms with Crippen LogP contribution in [-0.4, -0.2) is 15.5 Å². The fourth-order valence-corrected chi connectivity index (χ4v) is 1.60. The lowest BCUT2D eigenvalue weighted by Crippen LogP contribution is -1.97. The molecule has 0 saturated carbocycles. The predicted octanol–water partition coefficient (Wildman–Crippen LogP) is 2.39. The molecule has 0 aliphatic heterocycles. The molecule has 0 aliphatic rings. The van der Waals surface area contributed by atoms with Gasteiger partial charge in [0.25, 0.3) is 10.1 Å². The first-order valence-corrected chi connectivity index (χ1v) is 5.68. The fraction of sp³-hybridized carbons (Fsp3) is 0.400. The minimum Gasteiger partial charge on any atom is -0.270 e. The lowest BCUT2D eigenvalue weighted by atomic mass is 10.2. The van der Waals surface area contributed by atoms with Crippen molar-refractivity contribution in [2.75, 3.05) is 7.11 Å². The Kier molecular flexibility index (Phi) is 5.42. The Morgan fingerprint density at radius 1 is 1.21 bits per heavy atom. The third-order valence-corrected chi connectivity index (χ3v) is 2.57. The van der Waals surface area contributed by atoms with Crippen molar-refractivity contribution >= 4 is 10.1 Å². The molecule has 4 heteroatoms. The third-order valence-electron chi connectivity index (χ3n) is 1.45. The molecule has 0 aromatic carbocycles. The molecule has 0 bridgehead atoms. The SMILES string of the molecule is C/C=C/C(C)=C\C(C)=C\S(=O)(=O)OC. The highest BCUT2D eigenvalue weighted by molar-refractivity contribution is 7.89. The van der Waals surface area contributed by atoms with E-state index in [-0.39, 0.29) is 0 Å². The second-order valence-corrected chi connectivity index (χ2v) is 4.46. The van der Waals surface area contributed by atoms with Crippen LogP contribution in [0.25, 0.3) is 0 Å². The molecular formula is C10H16O3S.